The number of nitrogens with zero attached hydrogens (tertiary/aromatic N) is 4. The number of halogens is 1. The summed E-state index contributed by atoms with van der Waals surface area (Å²) in [6.45, 7) is 1.83. The maximum absolute atomic E-state index is 13.5. The van der Waals surface area contributed by atoms with Gasteiger partial charge in [-0.1, -0.05) is 0 Å². The zero-order chi connectivity index (χ0) is 12.4. The molecule has 7 heteroatoms. The predicted octanol–water partition coefficient (Wildman–Crippen LogP) is 1.44. The minimum Gasteiger partial charge on any atom is -0.357 e. The van der Waals surface area contributed by atoms with Gasteiger partial charge in [-0.3, -0.25) is 4.68 Å². The predicted molar refractivity (Wildman–Crippen MR) is 62.8 cm³/mol. The second-order valence-corrected chi connectivity index (χ2v) is 3.57. The van der Waals surface area contributed by atoms with E-state index in [2.05, 4.69) is 25.7 Å². The van der Waals surface area contributed by atoms with Crippen molar-refractivity contribution in [3.63, 3.8) is 0 Å². The van der Waals surface area contributed by atoms with E-state index in [9.17, 15) is 4.39 Å². The van der Waals surface area contributed by atoms with E-state index in [-0.39, 0.29) is 5.82 Å². The fourth-order valence-corrected chi connectivity index (χ4v) is 1.43. The Labute approximate surface area is 97.9 Å². The first kappa shape index (κ1) is 11.3. The average Bonchev–Trinajstić information content (AvgIpc) is 2.60. The largest absolute Gasteiger partial charge is 0.357 e. The summed E-state index contributed by atoms with van der Waals surface area (Å²) in [5.74, 6) is -0.0249. The fourth-order valence-electron chi connectivity index (χ4n) is 1.43. The lowest BCUT2D eigenvalue weighted by atomic mass is 10.4. The van der Waals surface area contributed by atoms with E-state index < -0.39 is 5.82 Å². The third-order valence-corrected chi connectivity index (χ3v) is 2.23. The number of hydrogen-bond acceptors (Lipinski definition) is 5. The van der Waals surface area contributed by atoms with Crippen molar-refractivity contribution in [2.24, 2.45) is 7.05 Å². The Kier molecular flexibility index (Phi) is 2.90. The molecule has 2 aromatic heterocycles. The van der Waals surface area contributed by atoms with Gasteiger partial charge in [0, 0.05) is 20.3 Å². The summed E-state index contributed by atoms with van der Waals surface area (Å²) in [5, 5.41) is 9.79. The molecule has 0 saturated carbocycles. The summed E-state index contributed by atoms with van der Waals surface area (Å²) < 4.78 is 15.1. The standard InChI is InChI=1S/C10H13FN6/c1-6-8(5-17(3)16-6)14-9-7(11)4-13-10(12-2)15-9/h4-5H,1-3H3,(H2,12,13,14,15). The number of aromatic nitrogens is 4. The normalized spacial score (nSPS) is 10.4. The quantitative estimate of drug-likeness (QED) is 0.844. The lowest BCUT2D eigenvalue weighted by Crippen LogP contribution is -2.03. The molecule has 2 rings (SSSR count). The molecule has 2 N–H and O–H groups in total. The van der Waals surface area contributed by atoms with Crippen molar-refractivity contribution in [1.82, 2.24) is 19.7 Å². The molecule has 17 heavy (non-hydrogen) atoms. The van der Waals surface area contributed by atoms with E-state index in [0.717, 1.165) is 11.9 Å². The molecule has 0 aliphatic heterocycles. The van der Waals surface area contributed by atoms with Gasteiger partial charge in [0.25, 0.3) is 0 Å². The zero-order valence-electron chi connectivity index (χ0n) is 9.82. The molecule has 0 amide bonds. The molecule has 0 radical (unpaired) electrons. The minimum absolute atomic E-state index is 0.125. The van der Waals surface area contributed by atoms with Gasteiger partial charge in [-0.25, -0.2) is 9.37 Å². The fraction of sp³-hybridized carbons (Fsp3) is 0.300. The molecule has 0 unspecified atom stereocenters. The van der Waals surface area contributed by atoms with Crippen LogP contribution in [0.25, 0.3) is 0 Å². The Hall–Kier alpha value is -2.18. The van der Waals surface area contributed by atoms with Crippen LogP contribution in [0.5, 0.6) is 0 Å². The first-order valence-corrected chi connectivity index (χ1v) is 5.07. The summed E-state index contributed by atoms with van der Waals surface area (Å²) >= 11 is 0. The molecule has 0 aliphatic carbocycles. The smallest absolute Gasteiger partial charge is 0.224 e. The Balaban J connectivity index is 2.32. The summed E-state index contributed by atoms with van der Waals surface area (Å²) in [7, 11) is 3.47. The van der Waals surface area contributed by atoms with E-state index in [0.29, 0.717) is 11.6 Å². The van der Waals surface area contributed by atoms with Gasteiger partial charge in [0.2, 0.25) is 5.95 Å². The first-order valence-electron chi connectivity index (χ1n) is 5.07. The highest BCUT2D eigenvalue weighted by atomic mass is 19.1. The van der Waals surface area contributed by atoms with Gasteiger partial charge in [-0.15, -0.1) is 0 Å². The molecule has 2 heterocycles. The van der Waals surface area contributed by atoms with Crippen molar-refractivity contribution >= 4 is 17.5 Å². The number of nitrogens with one attached hydrogen (secondary N) is 2. The lowest BCUT2D eigenvalue weighted by Gasteiger charge is -2.06. The second kappa shape index (κ2) is 4.36. The summed E-state index contributed by atoms with van der Waals surface area (Å²) in [6, 6.07) is 0. The van der Waals surface area contributed by atoms with Crippen LogP contribution in [0.15, 0.2) is 12.4 Å². The van der Waals surface area contributed by atoms with Crippen molar-refractivity contribution in [2.45, 2.75) is 6.92 Å². The summed E-state index contributed by atoms with van der Waals surface area (Å²) in [5.41, 5.74) is 1.49. The van der Waals surface area contributed by atoms with Crippen LogP contribution in [0.1, 0.15) is 5.69 Å². The van der Waals surface area contributed by atoms with Crippen molar-refractivity contribution < 1.29 is 4.39 Å². The molecule has 0 spiro atoms. The van der Waals surface area contributed by atoms with Crippen LogP contribution in [0.4, 0.5) is 21.8 Å². The number of aryl methyl sites for hydroxylation is 2. The van der Waals surface area contributed by atoms with E-state index >= 15 is 0 Å². The topological polar surface area (TPSA) is 67.7 Å². The van der Waals surface area contributed by atoms with Gasteiger partial charge < -0.3 is 10.6 Å². The highest BCUT2D eigenvalue weighted by Gasteiger charge is 2.09. The van der Waals surface area contributed by atoms with E-state index in [1.807, 2.05) is 6.92 Å². The molecule has 2 aromatic rings. The summed E-state index contributed by atoms with van der Waals surface area (Å²) in [4.78, 5) is 7.76. The van der Waals surface area contributed by atoms with Gasteiger partial charge in [0.15, 0.2) is 11.6 Å². The number of rotatable bonds is 3. The Morgan fingerprint density at radius 2 is 2.18 bits per heavy atom. The van der Waals surface area contributed by atoms with Gasteiger partial charge in [-0.2, -0.15) is 10.1 Å². The third-order valence-electron chi connectivity index (χ3n) is 2.23. The van der Waals surface area contributed by atoms with Gasteiger partial charge in [0.1, 0.15) is 0 Å². The Morgan fingerprint density at radius 1 is 1.41 bits per heavy atom. The van der Waals surface area contributed by atoms with Crippen LogP contribution in [-0.4, -0.2) is 26.8 Å². The van der Waals surface area contributed by atoms with Gasteiger partial charge in [-0.05, 0) is 6.92 Å². The van der Waals surface area contributed by atoms with Crippen LogP contribution in [0.3, 0.4) is 0 Å². The molecule has 90 valence electrons. The van der Waals surface area contributed by atoms with Crippen molar-refractivity contribution in [3.8, 4) is 0 Å². The van der Waals surface area contributed by atoms with E-state index in [1.54, 1.807) is 25.0 Å². The van der Waals surface area contributed by atoms with Crippen LogP contribution in [-0.2, 0) is 7.05 Å². The van der Waals surface area contributed by atoms with Gasteiger partial charge in [0.05, 0.1) is 17.6 Å². The van der Waals surface area contributed by atoms with E-state index in [1.165, 1.54) is 0 Å². The molecule has 0 saturated heterocycles. The molecule has 6 nitrogen and oxygen atoms in total. The molecule has 0 fully saturated rings. The minimum atomic E-state index is -0.507. The lowest BCUT2D eigenvalue weighted by molar-refractivity contribution is 0.619. The Bertz CT molecular complexity index is 536. The zero-order valence-corrected chi connectivity index (χ0v) is 9.82. The maximum atomic E-state index is 13.5. The van der Waals surface area contributed by atoms with Crippen molar-refractivity contribution in [2.75, 3.05) is 17.7 Å². The highest BCUT2D eigenvalue weighted by molar-refractivity contribution is 5.58. The Morgan fingerprint density at radius 3 is 2.76 bits per heavy atom. The molecule has 0 bridgehead atoms. The molecule has 0 aromatic carbocycles. The van der Waals surface area contributed by atoms with E-state index in [4.69, 9.17) is 0 Å². The second-order valence-electron chi connectivity index (χ2n) is 3.57. The van der Waals surface area contributed by atoms with Crippen LogP contribution in [0, 0.1) is 12.7 Å². The van der Waals surface area contributed by atoms with Crippen LogP contribution < -0.4 is 10.6 Å². The van der Waals surface area contributed by atoms with Gasteiger partial charge >= 0.3 is 0 Å². The number of anilines is 3. The third kappa shape index (κ3) is 2.32. The first-order chi connectivity index (χ1) is 8.10. The SMILES string of the molecule is CNc1ncc(F)c(Nc2cn(C)nc2C)n1. The van der Waals surface area contributed by atoms with Crippen LogP contribution in [0.2, 0.25) is 0 Å². The molecular weight excluding hydrogens is 223 g/mol. The maximum Gasteiger partial charge on any atom is 0.224 e. The van der Waals surface area contributed by atoms with Crippen molar-refractivity contribution in [3.05, 3.63) is 23.9 Å². The average molecular weight is 236 g/mol. The number of hydrogen-bond donors (Lipinski definition) is 2. The van der Waals surface area contributed by atoms with Crippen molar-refractivity contribution in [1.29, 1.82) is 0 Å². The summed E-state index contributed by atoms with van der Waals surface area (Å²) in [6.07, 6.45) is 2.88. The van der Waals surface area contributed by atoms with Crippen LogP contribution >= 0.6 is 0 Å². The molecule has 0 atom stereocenters. The molecule has 0 aliphatic rings. The highest BCUT2D eigenvalue weighted by Crippen LogP contribution is 2.20. The molecular formula is C10H13FN6. The monoisotopic (exact) mass is 236 g/mol.